The van der Waals surface area contributed by atoms with Gasteiger partial charge in [0.1, 0.15) is 10.5 Å². The van der Waals surface area contributed by atoms with E-state index in [1.165, 1.54) is 28.5 Å². The van der Waals surface area contributed by atoms with Gasteiger partial charge in [-0.05, 0) is 60.3 Å². The van der Waals surface area contributed by atoms with E-state index in [9.17, 15) is 9.90 Å². The van der Waals surface area contributed by atoms with Crippen molar-refractivity contribution in [3.8, 4) is 5.75 Å². The van der Waals surface area contributed by atoms with Crippen LogP contribution in [0.2, 0.25) is 0 Å². The first kappa shape index (κ1) is 30.8. The van der Waals surface area contributed by atoms with Crippen LogP contribution in [0.25, 0.3) is 0 Å². The van der Waals surface area contributed by atoms with E-state index in [1.807, 2.05) is 6.07 Å². The Morgan fingerprint density at radius 2 is 1.86 bits per heavy atom. The molecule has 3 aromatic rings. The van der Waals surface area contributed by atoms with Gasteiger partial charge < -0.3 is 25.0 Å². The van der Waals surface area contributed by atoms with Gasteiger partial charge in [0.15, 0.2) is 16.7 Å². The second-order valence-electron chi connectivity index (χ2n) is 13.9. The SMILES string of the molecule is CC(C)(C)c1ccc(CN2CCC3(CCN(c4ncc(C(=O)NCC[C@H]5CC[C@H](O)C5)s4)CC3)Oc3c(F)cccc32)cc1. The van der Waals surface area contributed by atoms with Crippen molar-refractivity contribution in [3.63, 3.8) is 0 Å². The molecular formula is C35H45FN4O3S. The summed E-state index contributed by atoms with van der Waals surface area (Å²) in [5.41, 5.74) is 2.94. The standard InChI is InChI=1S/C35H45FN4O3S/c1-34(2,3)26-10-7-25(8-11-26)23-40-20-16-35(43-31-28(36)5-4-6-29(31)40)14-18-39(19-15-35)33-38-22-30(44-33)32(42)37-17-13-24-9-12-27(41)21-24/h4-8,10-11,22,24,27,41H,9,12-21,23H2,1-3H3,(H,37,42)/t24-,27+/m1/s1. The highest BCUT2D eigenvalue weighted by Gasteiger charge is 2.41. The van der Waals surface area contributed by atoms with Crippen molar-refractivity contribution in [3.05, 3.63) is 70.5 Å². The maximum absolute atomic E-state index is 15.3. The highest BCUT2D eigenvalue weighted by Crippen LogP contribution is 2.43. The third kappa shape index (κ3) is 6.89. The summed E-state index contributed by atoms with van der Waals surface area (Å²) in [5.74, 6) is 0.429. The molecule has 1 saturated carbocycles. The number of para-hydroxylation sites is 1. The predicted molar refractivity (Wildman–Crippen MR) is 174 cm³/mol. The minimum Gasteiger partial charge on any atom is -0.482 e. The fourth-order valence-electron chi connectivity index (χ4n) is 6.83. The highest BCUT2D eigenvalue weighted by atomic mass is 32.1. The number of aliphatic hydroxyl groups excluding tert-OH is 1. The van der Waals surface area contributed by atoms with Crippen molar-refractivity contribution >= 4 is 28.1 Å². The van der Waals surface area contributed by atoms with Crippen LogP contribution in [0.5, 0.6) is 5.75 Å². The summed E-state index contributed by atoms with van der Waals surface area (Å²) in [7, 11) is 0. The minimum absolute atomic E-state index is 0.0897. The Bertz CT molecular complexity index is 1440. The molecule has 2 atom stereocenters. The first-order valence-electron chi connectivity index (χ1n) is 16.1. The number of amides is 1. The number of hydrogen-bond acceptors (Lipinski definition) is 7. The first-order chi connectivity index (χ1) is 21.1. The van der Waals surface area contributed by atoms with Crippen LogP contribution >= 0.6 is 11.3 Å². The Hall–Kier alpha value is -3.17. The fraction of sp³-hybridized carbons (Fsp3) is 0.543. The van der Waals surface area contributed by atoms with Gasteiger partial charge in [-0.3, -0.25) is 4.79 Å². The summed E-state index contributed by atoms with van der Waals surface area (Å²) in [4.78, 5) is 22.4. The number of carbonyl (C=O) groups excluding carboxylic acids is 1. The van der Waals surface area contributed by atoms with Crippen molar-refractivity contribution in [2.45, 2.75) is 89.4 Å². The van der Waals surface area contributed by atoms with E-state index < -0.39 is 5.60 Å². The molecule has 0 bridgehead atoms. The molecule has 2 aromatic carbocycles. The molecular weight excluding hydrogens is 575 g/mol. The topological polar surface area (TPSA) is 77.9 Å². The van der Waals surface area contributed by atoms with Crippen LogP contribution in [0, 0.1) is 11.7 Å². The van der Waals surface area contributed by atoms with E-state index in [1.54, 1.807) is 12.3 Å². The highest BCUT2D eigenvalue weighted by molar-refractivity contribution is 7.17. The fourth-order valence-corrected chi connectivity index (χ4v) is 7.71. The molecule has 44 heavy (non-hydrogen) atoms. The van der Waals surface area contributed by atoms with Crippen molar-refractivity contribution in [1.82, 2.24) is 10.3 Å². The molecule has 1 saturated heterocycles. The van der Waals surface area contributed by atoms with E-state index in [2.05, 4.69) is 65.1 Å². The van der Waals surface area contributed by atoms with Crippen LogP contribution in [0.1, 0.15) is 86.5 Å². The zero-order valence-corrected chi connectivity index (χ0v) is 27.0. The van der Waals surface area contributed by atoms with Crippen LogP contribution in [-0.4, -0.2) is 53.9 Å². The van der Waals surface area contributed by atoms with Crippen LogP contribution in [0.15, 0.2) is 48.7 Å². The molecule has 2 fully saturated rings. The molecule has 9 heteroatoms. The number of hydrogen-bond donors (Lipinski definition) is 2. The number of ether oxygens (including phenoxy) is 1. The van der Waals surface area contributed by atoms with E-state index in [-0.39, 0.29) is 23.2 Å². The van der Waals surface area contributed by atoms with Crippen LogP contribution in [0.3, 0.4) is 0 Å². The van der Waals surface area contributed by atoms with Crippen molar-refractivity contribution in [1.29, 1.82) is 0 Å². The van der Waals surface area contributed by atoms with Gasteiger partial charge in [0.25, 0.3) is 5.91 Å². The number of nitrogens with one attached hydrogen (secondary N) is 1. The van der Waals surface area contributed by atoms with Gasteiger partial charge in [-0.1, -0.05) is 62.4 Å². The smallest absolute Gasteiger partial charge is 0.263 e. The maximum atomic E-state index is 15.3. The zero-order chi connectivity index (χ0) is 30.9. The Kier molecular flexibility index (Phi) is 8.88. The van der Waals surface area contributed by atoms with Gasteiger partial charge in [-0.25, -0.2) is 9.37 Å². The second kappa shape index (κ2) is 12.7. The minimum atomic E-state index is -0.455. The Morgan fingerprint density at radius 1 is 1.11 bits per heavy atom. The monoisotopic (exact) mass is 620 g/mol. The lowest BCUT2D eigenvalue weighted by Gasteiger charge is -2.41. The van der Waals surface area contributed by atoms with Crippen LogP contribution < -0.4 is 19.9 Å². The Morgan fingerprint density at radius 3 is 2.57 bits per heavy atom. The van der Waals surface area contributed by atoms with Gasteiger partial charge in [0, 0.05) is 52.0 Å². The normalized spacial score (nSPS) is 21.6. The zero-order valence-electron chi connectivity index (χ0n) is 26.2. The lowest BCUT2D eigenvalue weighted by Crippen LogP contribution is -2.48. The summed E-state index contributed by atoms with van der Waals surface area (Å²) >= 11 is 1.42. The maximum Gasteiger partial charge on any atom is 0.263 e. The van der Waals surface area contributed by atoms with Crippen molar-refractivity contribution < 1.29 is 19.0 Å². The number of aromatic nitrogens is 1. The molecule has 1 amide bonds. The number of carbonyl (C=O) groups is 1. The number of thiazole rings is 1. The van der Waals surface area contributed by atoms with Crippen molar-refractivity contribution in [2.24, 2.45) is 5.92 Å². The average Bonchev–Trinajstić information content (AvgIpc) is 3.63. The van der Waals surface area contributed by atoms with Gasteiger partial charge in [0.05, 0.1) is 18.0 Å². The van der Waals surface area contributed by atoms with E-state index in [0.717, 1.165) is 75.4 Å². The molecule has 236 valence electrons. The molecule has 0 radical (unpaired) electrons. The number of piperidine rings is 1. The summed E-state index contributed by atoms with van der Waals surface area (Å²) in [6.07, 6.45) is 7.42. The lowest BCUT2D eigenvalue weighted by atomic mass is 9.86. The molecule has 2 aliphatic heterocycles. The third-order valence-electron chi connectivity index (χ3n) is 9.65. The van der Waals surface area contributed by atoms with Gasteiger partial charge in [-0.2, -0.15) is 0 Å². The van der Waals surface area contributed by atoms with Gasteiger partial charge >= 0.3 is 0 Å². The first-order valence-corrected chi connectivity index (χ1v) is 16.9. The van der Waals surface area contributed by atoms with Gasteiger partial charge in [0.2, 0.25) is 0 Å². The number of halogens is 1. The number of rotatable bonds is 7. The van der Waals surface area contributed by atoms with Crippen LogP contribution in [0.4, 0.5) is 15.2 Å². The van der Waals surface area contributed by atoms with E-state index in [4.69, 9.17) is 4.74 Å². The van der Waals surface area contributed by atoms with Gasteiger partial charge in [-0.15, -0.1) is 0 Å². The predicted octanol–water partition coefficient (Wildman–Crippen LogP) is 6.69. The third-order valence-corrected chi connectivity index (χ3v) is 10.7. The van der Waals surface area contributed by atoms with Crippen molar-refractivity contribution in [2.75, 3.05) is 36.0 Å². The lowest BCUT2D eigenvalue weighted by molar-refractivity contribution is 0.0375. The number of nitrogens with zero attached hydrogens (tertiary/aromatic N) is 3. The molecule has 1 aromatic heterocycles. The summed E-state index contributed by atoms with van der Waals surface area (Å²) in [6, 6.07) is 14.0. The van der Waals surface area contributed by atoms with Crippen LogP contribution in [-0.2, 0) is 12.0 Å². The average molecular weight is 621 g/mol. The summed E-state index contributed by atoms with van der Waals surface area (Å²) in [6.45, 7) is 10.2. The number of anilines is 2. The molecule has 6 rings (SSSR count). The summed E-state index contributed by atoms with van der Waals surface area (Å²) in [5, 5.41) is 13.6. The summed E-state index contributed by atoms with van der Waals surface area (Å²) < 4.78 is 21.9. The molecule has 3 aliphatic rings. The number of aliphatic hydroxyl groups is 1. The molecule has 1 aliphatic carbocycles. The molecule has 3 heterocycles. The number of benzene rings is 2. The molecule has 2 N–H and O–H groups in total. The Labute approximate surface area is 264 Å². The number of fused-ring (bicyclic) bond motifs is 1. The largest absolute Gasteiger partial charge is 0.482 e. The molecule has 1 spiro atoms. The van der Waals surface area contributed by atoms with E-state index >= 15 is 4.39 Å². The molecule has 0 unspecified atom stereocenters. The Balaban J connectivity index is 1.08. The molecule has 7 nitrogen and oxygen atoms in total. The quantitative estimate of drug-likeness (QED) is 0.307. The second-order valence-corrected chi connectivity index (χ2v) is 14.9. The van der Waals surface area contributed by atoms with E-state index in [0.29, 0.717) is 29.6 Å².